The third-order valence-electron chi connectivity index (χ3n) is 3.67. The van der Waals surface area contributed by atoms with Gasteiger partial charge in [0.15, 0.2) is 5.16 Å². The number of carboxylic acid groups (broad SMARTS) is 1. The maximum atomic E-state index is 10.8. The molecule has 3 rings (SSSR count). The van der Waals surface area contributed by atoms with Crippen LogP contribution in [0, 0.1) is 5.92 Å². The maximum Gasteiger partial charge on any atom is 0.313 e. The van der Waals surface area contributed by atoms with Gasteiger partial charge in [-0.05, 0) is 37.0 Å². The third-order valence-corrected chi connectivity index (χ3v) is 4.86. The van der Waals surface area contributed by atoms with Crippen molar-refractivity contribution in [2.24, 2.45) is 5.92 Å². The number of aliphatic carboxylic acids is 1. The van der Waals surface area contributed by atoms with Crippen LogP contribution in [0.25, 0.3) is 11.0 Å². The van der Waals surface area contributed by atoms with E-state index in [1.807, 2.05) is 18.2 Å². The Hall–Kier alpha value is -1.20. The molecule has 1 fully saturated rings. The van der Waals surface area contributed by atoms with Gasteiger partial charge in [-0.3, -0.25) is 4.79 Å². The Morgan fingerprint density at radius 2 is 2.30 bits per heavy atom. The smallest absolute Gasteiger partial charge is 0.313 e. The molecule has 1 heterocycles. The number of halogens is 1. The van der Waals surface area contributed by atoms with Gasteiger partial charge in [0.1, 0.15) is 0 Å². The molecule has 1 aromatic carbocycles. The number of rotatable bonds is 5. The van der Waals surface area contributed by atoms with Gasteiger partial charge in [0.2, 0.25) is 0 Å². The molecule has 6 heteroatoms. The second-order valence-electron chi connectivity index (χ2n) is 5.12. The van der Waals surface area contributed by atoms with Crippen molar-refractivity contribution in [2.45, 2.75) is 31.0 Å². The van der Waals surface area contributed by atoms with Gasteiger partial charge >= 0.3 is 5.97 Å². The van der Waals surface area contributed by atoms with Crippen LogP contribution in [0.4, 0.5) is 0 Å². The first kappa shape index (κ1) is 13.8. The summed E-state index contributed by atoms with van der Waals surface area (Å²) < 4.78 is 2.14. The van der Waals surface area contributed by atoms with Crippen LogP contribution in [-0.2, 0) is 11.3 Å². The van der Waals surface area contributed by atoms with E-state index in [2.05, 4.69) is 9.55 Å². The lowest BCUT2D eigenvalue weighted by atomic mass is 9.85. The van der Waals surface area contributed by atoms with Gasteiger partial charge in [0.05, 0.1) is 16.8 Å². The Balaban J connectivity index is 1.96. The van der Waals surface area contributed by atoms with Crippen LogP contribution in [0.15, 0.2) is 23.4 Å². The fourth-order valence-corrected chi connectivity index (χ4v) is 3.34. The summed E-state index contributed by atoms with van der Waals surface area (Å²) in [6.45, 7) is 0.917. The van der Waals surface area contributed by atoms with Crippen LogP contribution in [0.2, 0.25) is 5.02 Å². The highest BCUT2D eigenvalue weighted by molar-refractivity contribution is 7.99. The fourth-order valence-electron chi connectivity index (χ4n) is 2.43. The summed E-state index contributed by atoms with van der Waals surface area (Å²) in [5, 5.41) is 10.3. The molecule has 0 atom stereocenters. The number of imidazole rings is 1. The van der Waals surface area contributed by atoms with Crippen LogP contribution in [0.1, 0.15) is 19.3 Å². The van der Waals surface area contributed by atoms with Gasteiger partial charge in [-0.25, -0.2) is 4.98 Å². The summed E-state index contributed by atoms with van der Waals surface area (Å²) in [6.07, 6.45) is 3.79. The van der Waals surface area contributed by atoms with Gasteiger partial charge < -0.3 is 9.67 Å². The fraction of sp³-hybridized carbons (Fsp3) is 0.429. The Morgan fingerprint density at radius 1 is 1.50 bits per heavy atom. The number of benzene rings is 1. The molecule has 0 aliphatic heterocycles. The molecule has 2 aromatic rings. The first-order valence-electron chi connectivity index (χ1n) is 6.64. The highest BCUT2D eigenvalue weighted by Crippen LogP contribution is 2.32. The van der Waals surface area contributed by atoms with E-state index in [4.69, 9.17) is 16.7 Å². The van der Waals surface area contributed by atoms with Crippen molar-refractivity contribution in [1.29, 1.82) is 0 Å². The number of carboxylic acids is 1. The van der Waals surface area contributed by atoms with E-state index in [1.54, 1.807) is 0 Å². The van der Waals surface area contributed by atoms with Crippen molar-refractivity contribution in [1.82, 2.24) is 9.55 Å². The molecule has 0 bridgehead atoms. The molecular formula is C14H15ClN2O2S. The van der Waals surface area contributed by atoms with Crippen LogP contribution in [-0.4, -0.2) is 26.4 Å². The molecule has 106 valence electrons. The van der Waals surface area contributed by atoms with Crippen LogP contribution in [0.3, 0.4) is 0 Å². The first-order chi connectivity index (χ1) is 9.63. The number of nitrogens with zero attached hydrogens (tertiary/aromatic N) is 2. The first-order valence-corrected chi connectivity index (χ1v) is 8.00. The van der Waals surface area contributed by atoms with E-state index in [0.717, 1.165) is 22.7 Å². The molecule has 0 amide bonds. The van der Waals surface area contributed by atoms with E-state index in [9.17, 15) is 4.79 Å². The summed E-state index contributed by atoms with van der Waals surface area (Å²) in [6, 6.07) is 5.65. The van der Waals surface area contributed by atoms with E-state index in [0.29, 0.717) is 10.9 Å². The lowest BCUT2D eigenvalue weighted by molar-refractivity contribution is -0.133. The number of hydrogen-bond acceptors (Lipinski definition) is 3. The molecule has 1 N–H and O–H groups in total. The molecule has 1 aliphatic rings. The largest absolute Gasteiger partial charge is 0.481 e. The molecule has 0 radical (unpaired) electrons. The summed E-state index contributed by atoms with van der Waals surface area (Å²) in [4.78, 5) is 15.3. The maximum absolute atomic E-state index is 10.8. The summed E-state index contributed by atoms with van der Waals surface area (Å²) >= 11 is 7.27. The molecular weight excluding hydrogens is 296 g/mol. The minimum absolute atomic E-state index is 0.0295. The van der Waals surface area contributed by atoms with Crippen molar-refractivity contribution in [3.63, 3.8) is 0 Å². The molecule has 4 nitrogen and oxygen atoms in total. The second kappa shape index (κ2) is 5.66. The van der Waals surface area contributed by atoms with E-state index >= 15 is 0 Å². The van der Waals surface area contributed by atoms with Crippen LogP contribution in [0.5, 0.6) is 0 Å². The molecule has 1 saturated carbocycles. The molecule has 0 saturated heterocycles. The molecule has 20 heavy (non-hydrogen) atoms. The normalized spacial score (nSPS) is 15.4. The van der Waals surface area contributed by atoms with E-state index in [-0.39, 0.29) is 5.75 Å². The lowest BCUT2D eigenvalue weighted by Gasteiger charge is -2.26. The zero-order valence-corrected chi connectivity index (χ0v) is 12.5. The Morgan fingerprint density at radius 3 is 2.95 bits per heavy atom. The number of hydrogen-bond donors (Lipinski definition) is 1. The Bertz CT molecular complexity index is 652. The molecule has 0 unspecified atom stereocenters. The van der Waals surface area contributed by atoms with Crippen LogP contribution >= 0.6 is 23.4 Å². The zero-order valence-electron chi connectivity index (χ0n) is 10.9. The summed E-state index contributed by atoms with van der Waals surface area (Å²) in [5.41, 5.74) is 1.87. The van der Waals surface area contributed by atoms with Crippen molar-refractivity contribution in [3.05, 3.63) is 23.2 Å². The highest BCUT2D eigenvalue weighted by Gasteiger charge is 2.21. The summed E-state index contributed by atoms with van der Waals surface area (Å²) in [5.74, 6) is -0.107. The SMILES string of the molecule is O=C(O)CSc1nc2cc(Cl)ccc2n1CC1CCC1. The van der Waals surface area contributed by atoms with Gasteiger partial charge in [0, 0.05) is 11.6 Å². The van der Waals surface area contributed by atoms with Crippen molar-refractivity contribution < 1.29 is 9.90 Å². The van der Waals surface area contributed by atoms with Gasteiger partial charge in [-0.15, -0.1) is 0 Å². The Labute approximate surface area is 126 Å². The van der Waals surface area contributed by atoms with Crippen LogP contribution < -0.4 is 0 Å². The predicted octanol–water partition coefficient (Wildman–Crippen LogP) is 3.67. The number of carbonyl (C=O) groups is 1. The predicted molar refractivity (Wildman–Crippen MR) is 80.4 cm³/mol. The van der Waals surface area contributed by atoms with Crippen molar-refractivity contribution >= 4 is 40.4 Å². The minimum Gasteiger partial charge on any atom is -0.481 e. The monoisotopic (exact) mass is 310 g/mol. The average molecular weight is 311 g/mol. The van der Waals surface area contributed by atoms with Crippen molar-refractivity contribution in [2.75, 3.05) is 5.75 Å². The topological polar surface area (TPSA) is 55.1 Å². The molecule has 0 spiro atoms. The zero-order chi connectivity index (χ0) is 14.1. The van der Waals surface area contributed by atoms with Gasteiger partial charge in [0.25, 0.3) is 0 Å². The average Bonchev–Trinajstić information content (AvgIpc) is 2.68. The summed E-state index contributed by atoms with van der Waals surface area (Å²) in [7, 11) is 0. The number of thioether (sulfide) groups is 1. The quantitative estimate of drug-likeness (QED) is 0.856. The number of fused-ring (bicyclic) bond motifs is 1. The highest BCUT2D eigenvalue weighted by atomic mass is 35.5. The lowest BCUT2D eigenvalue weighted by Crippen LogP contribution is -2.18. The molecule has 1 aliphatic carbocycles. The minimum atomic E-state index is -0.824. The third kappa shape index (κ3) is 2.79. The van der Waals surface area contributed by atoms with Gasteiger partial charge in [-0.1, -0.05) is 29.8 Å². The standard InChI is InChI=1S/C14H15ClN2O2S/c15-10-4-5-12-11(6-10)16-14(20-8-13(18)19)17(12)7-9-2-1-3-9/h4-6,9H,1-3,7-8H2,(H,18,19). The van der Waals surface area contributed by atoms with Crippen molar-refractivity contribution in [3.8, 4) is 0 Å². The second-order valence-corrected chi connectivity index (χ2v) is 6.50. The molecule has 1 aromatic heterocycles. The van der Waals surface area contributed by atoms with Gasteiger partial charge in [-0.2, -0.15) is 0 Å². The number of aromatic nitrogens is 2. The van der Waals surface area contributed by atoms with E-state index in [1.165, 1.54) is 31.0 Å². The van der Waals surface area contributed by atoms with E-state index < -0.39 is 5.97 Å². The Kier molecular flexibility index (Phi) is 3.89.